The molecule has 2 aromatic rings. The van der Waals surface area contributed by atoms with Gasteiger partial charge in [0, 0.05) is 0 Å². The van der Waals surface area contributed by atoms with E-state index >= 15 is 0 Å². The molecule has 0 aromatic heterocycles. The van der Waals surface area contributed by atoms with Crippen LogP contribution in [0.3, 0.4) is 0 Å². The van der Waals surface area contributed by atoms with Gasteiger partial charge in [0.05, 0.1) is 11.3 Å². The summed E-state index contributed by atoms with van der Waals surface area (Å²) >= 11 is 0. The van der Waals surface area contributed by atoms with Gasteiger partial charge in [0.25, 0.3) is 5.91 Å². The normalized spacial score (nSPS) is 15.1. The van der Waals surface area contributed by atoms with Gasteiger partial charge in [-0.05, 0) is 61.9 Å². The van der Waals surface area contributed by atoms with Crippen molar-refractivity contribution >= 4 is 11.6 Å². The van der Waals surface area contributed by atoms with E-state index < -0.39 is 23.8 Å². The predicted molar refractivity (Wildman–Crippen MR) is 93.2 cm³/mol. The molecular formula is C20H20F3NO2. The molecule has 26 heavy (non-hydrogen) atoms. The van der Waals surface area contributed by atoms with Crippen LogP contribution < -0.4 is 10.1 Å². The predicted octanol–water partition coefficient (Wildman–Crippen LogP) is 4.99. The zero-order valence-corrected chi connectivity index (χ0v) is 14.4. The van der Waals surface area contributed by atoms with Gasteiger partial charge in [0.1, 0.15) is 5.75 Å². The van der Waals surface area contributed by atoms with Crippen molar-refractivity contribution in [2.24, 2.45) is 0 Å². The zero-order chi connectivity index (χ0) is 18.7. The molecule has 0 saturated heterocycles. The lowest BCUT2D eigenvalue weighted by molar-refractivity contribution is -0.137. The number of hydrogen-bond donors (Lipinski definition) is 1. The molecule has 0 radical (unpaired) electrons. The molecule has 0 spiro atoms. The van der Waals surface area contributed by atoms with Crippen LogP contribution in [0.4, 0.5) is 18.9 Å². The number of benzene rings is 2. The Morgan fingerprint density at radius 3 is 2.58 bits per heavy atom. The highest BCUT2D eigenvalue weighted by atomic mass is 19.4. The molecule has 0 aliphatic heterocycles. The quantitative estimate of drug-likeness (QED) is 0.831. The minimum atomic E-state index is -4.54. The molecule has 1 unspecified atom stereocenters. The lowest BCUT2D eigenvalue weighted by Crippen LogP contribution is -2.31. The number of para-hydroxylation sites is 1. The monoisotopic (exact) mass is 363 g/mol. The van der Waals surface area contributed by atoms with E-state index in [4.69, 9.17) is 4.74 Å². The fourth-order valence-electron chi connectivity index (χ4n) is 3.17. The standard InChI is InChI=1S/C20H20F3NO2/c1-13(26-18-12-6-8-14-7-2-3-9-15(14)18)19(25)24-17-11-5-4-10-16(17)20(21,22)23/h4-6,8,10-13H,2-3,7,9H2,1H3,(H,24,25). The molecule has 3 rings (SSSR count). The number of hydrogen-bond acceptors (Lipinski definition) is 2. The molecule has 3 nitrogen and oxygen atoms in total. The second-order valence-corrected chi connectivity index (χ2v) is 6.39. The summed E-state index contributed by atoms with van der Waals surface area (Å²) in [6, 6.07) is 10.6. The van der Waals surface area contributed by atoms with E-state index in [0.29, 0.717) is 5.75 Å². The highest BCUT2D eigenvalue weighted by Gasteiger charge is 2.34. The minimum Gasteiger partial charge on any atom is -0.481 e. The summed E-state index contributed by atoms with van der Waals surface area (Å²) in [6.45, 7) is 1.54. The van der Waals surface area contributed by atoms with Crippen molar-refractivity contribution in [3.8, 4) is 5.75 Å². The van der Waals surface area contributed by atoms with Crippen LogP contribution in [0.1, 0.15) is 36.5 Å². The molecule has 0 bridgehead atoms. The molecule has 138 valence electrons. The van der Waals surface area contributed by atoms with Crippen LogP contribution >= 0.6 is 0 Å². The summed E-state index contributed by atoms with van der Waals surface area (Å²) in [5.41, 5.74) is 1.16. The van der Waals surface area contributed by atoms with Crippen molar-refractivity contribution < 1.29 is 22.7 Å². The van der Waals surface area contributed by atoms with Crippen molar-refractivity contribution in [3.05, 3.63) is 59.2 Å². The van der Waals surface area contributed by atoms with E-state index in [1.165, 1.54) is 30.7 Å². The Morgan fingerprint density at radius 2 is 1.81 bits per heavy atom. The number of carbonyl (C=O) groups excluding carboxylic acids is 1. The summed E-state index contributed by atoms with van der Waals surface area (Å²) in [5.74, 6) is 0.0177. The van der Waals surface area contributed by atoms with Crippen LogP contribution in [0.5, 0.6) is 5.75 Å². The molecule has 1 aliphatic rings. The molecule has 0 saturated carbocycles. The first-order valence-electron chi connectivity index (χ1n) is 8.61. The Bertz CT molecular complexity index is 802. The van der Waals surface area contributed by atoms with Crippen molar-refractivity contribution in [2.45, 2.75) is 44.9 Å². The van der Waals surface area contributed by atoms with Crippen molar-refractivity contribution in [3.63, 3.8) is 0 Å². The smallest absolute Gasteiger partial charge is 0.418 e. The SMILES string of the molecule is CC(Oc1cccc2c1CCCC2)C(=O)Nc1ccccc1C(F)(F)F. The average molecular weight is 363 g/mol. The molecule has 1 N–H and O–H groups in total. The zero-order valence-electron chi connectivity index (χ0n) is 14.4. The molecule has 6 heteroatoms. The second kappa shape index (κ2) is 7.40. The van der Waals surface area contributed by atoms with Crippen LogP contribution in [-0.4, -0.2) is 12.0 Å². The number of alkyl halides is 3. The number of anilines is 1. The maximum atomic E-state index is 13.1. The lowest BCUT2D eigenvalue weighted by atomic mass is 9.91. The number of nitrogens with one attached hydrogen (secondary N) is 1. The molecule has 1 amide bonds. The van der Waals surface area contributed by atoms with Gasteiger partial charge in [-0.2, -0.15) is 13.2 Å². The van der Waals surface area contributed by atoms with Gasteiger partial charge in [-0.1, -0.05) is 24.3 Å². The number of rotatable bonds is 4. The van der Waals surface area contributed by atoms with E-state index in [9.17, 15) is 18.0 Å². The van der Waals surface area contributed by atoms with Gasteiger partial charge in [-0.3, -0.25) is 4.79 Å². The number of amides is 1. The van der Waals surface area contributed by atoms with E-state index in [1.807, 2.05) is 12.1 Å². The topological polar surface area (TPSA) is 38.3 Å². The summed E-state index contributed by atoms with van der Waals surface area (Å²) in [4.78, 5) is 12.4. The van der Waals surface area contributed by atoms with Crippen LogP contribution in [-0.2, 0) is 23.8 Å². The molecule has 1 atom stereocenters. The van der Waals surface area contributed by atoms with Crippen molar-refractivity contribution in [1.82, 2.24) is 0 Å². The summed E-state index contributed by atoms with van der Waals surface area (Å²) in [6.07, 6.45) is -1.40. The maximum Gasteiger partial charge on any atom is 0.418 e. The van der Waals surface area contributed by atoms with Crippen LogP contribution in [0, 0.1) is 0 Å². The Hall–Kier alpha value is -2.50. The molecule has 2 aromatic carbocycles. The summed E-state index contributed by atoms with van der Waals surface area (Å²) in [5, 5.41) is 2.33. The molecule has 1 aliphatic carbocycles. The number of aryl methyl sites for hydroxylation is 1. The Labute approximate surface area is 150 Å². The molecular weight excluding hydrogens is 343 g/mol. The van der Waals surface area contributed by atoms with E-state index in [2.05, 4.69) is 5.32 Å². The van der Waals surface area contributed by atoms with Crippen molar-refractivity contribution in [1.29, 1.82) is 0 Å². The van der Waals surface area contributed by atoms with E-state index in [-0.39, 0.29) is 5.69 Å². The van der Waals surface area contributed by atoms with Gasteiger partial charge in [0.2, 0.25) is 0 Å². The fraction of sp³-hybridized carbons (Fsp3) is 0.350. The summed E-state index contributed by atoms with van der Waals surface area (Å²) in [7, 11) is 0. The Kier molecular flexibility index (Phi) is 5.20. The third-order valence-corrected chi connectivity index (χ3v) is 4.52. The minimum absolute atomic E-state index is 0.268. The average Bonchev–Trinajstić information content (AvgIpc) is 2.61. The molecule has 0 heterocycles. The highest BCUT2D eigenvalue weighted by molar-refractivity contribution is 5.94. The first kappa shape index (κ1) is 18.3. The number of carbonyl (C=O) groups is 1. The largest absolute Gasteiger partial charge is 0.481 e. The highest BCUT2D eigenvalue weighted by Crippen LogP contribution is 2.35. The maximum absolute atomic E-state index is 13.1. The lowest BCUT2D eigenvalue weighted by Gasteiger charge is -2.22. The van der Waals surface area contributed by atoms with Gasteiger partial charge in [0.15, 0.2) is 6.10 Å². The summed E-state index contributed by atoms with van der Waals surface area (Å²) < 4.78 is 44.9. The number of halogens is 3. The Balaban J connectivity index is 1.74. The van der Waals surface area contributed by atoms with Crippen LogP contribution in [0.15, 0.2) is 42.5 Å². The molecule has 0 fully saturated rings. The van der Waals surface area contributed by atoms with Gasteiger partial charge in [-0.15, -0.1) is 0 Å². The number of fused-ring (bicyclic) bond motifs is 1. The van der Waals surface area contributed by atoms with Gasteiger partial charge in [-0.25, -0.2) is 0 Å². The number of ether oxygens (including phenoxy) is 1. The first-order valence-corrected chi connectivity index (χ1v) is 8.61. The van der Waals surface area contributed by atoms with Gasteiger partial charge >= 0.3 is 6.18 Å². The Morgan fingerprint density at radius 1 is 1.08 bits per heavy atom. The van der Waals surface area contributed by atoms with Crippen LogP contribution in [0.25, 0.3) is 0 Å². The van der Waals surface area contributed by atoms with E-state index in [1.54, 1.807) is 6.07 Å². The second-order valence-electron chi connectivity index (χ2n) is 6.39. The van der Waals surface area contributed by atoms with Gasteiger partial charge < -0.3 is 10.1 Å². The van der Waals surface area contributed by atoms with Crippen molar-refractivity contribution in [2.75, 3.05) is 5.32 Å². The fourth-order valence-corrected chi connectivity index (χ4v) is 3.17. The first-order chi connectivity index (χ1) is 12.4. The van der Waals surface area contributed by atoms with E-state index in [0.717, 1.165) is 37.3 Å². The third kappa shape index (κ3) is 4.00. The third-order valence-electron chi connectivity index (χ3n) is 4.52. The van der Waals surface area contributed by atoms with Crippen LogP contribution in [0.2, 0.25) is 0 Å².